The van der Waals surface area contributed by atoms with E-state index in [1.807, 2.05) is 41.2 Å². The van der Waals surface area contributed by atoms with Crippen molar-refractivity contribution in [1.82, 2.24) is 20.4 Å². The van der Waals surface area contributed by atoms with Crippen LogP contribution in [0, 0.1) is 0 Å². The van der Waals surface area contributed by atoms with Crippen LogP contribution >= 0.6 is 0 Å². The predicted octanol–water partition coefficient (Wildman–Crippen LogP) is 2.76. The molecular formula is C19H23N5O. The molecule has 0 saturated heterocycles. The van der Waals surface area contributed by atoms with E-state index in [2.05, 4.69) is 39.8 Å². The molecule has 0 fully saturated rings. The molecule has 0 amide bonds. The molecule has 1 aromatic carbocycles. The summed E-state index contributed by atoms with van der Waals surface area (Å²) in [5, 5.41) is 10.9. The minimum atomic E-state index is 0.602. The topological polar surface area (TPSA) is 67.4 Å². The fourth-order valence-corrected chi connectivity index (χ4v) is 2.49. The molecule has 130 valence electrons. The number of rotatable bonds is 7. The molecule has 6 nitrogen and oxygen atoms in total. The highest BCUT2D eigenvalue weighted by Crippen LogP contribution is 2.10. The van der Waals surface area contributed by atoms with Crippen molar-refractivity contribution in [3.63, 3.8) is 0 Å². The van der Waals surface area contributed by atoms with E-state index in [0.717, 1.165) is 42.5 Å². The van der Waals surface area contributed by atoms with Gasteiger partial charge in [-0.2, -0.15) is 5.10 Å². The van der Waals surface area contributed by atoms with Gasteiger partial charge in [0, 0.05) is 31.9 Å². The molecule has 3 aromatic rings. The van der Waals surface area contributed by atoms with E-state index in [4.69, 9.17) is 4.42 Å². The van der Waals surface area contributed by atoms with Crippen molar-refractivity contribution in [2.24, 2.45) is 4.99 Å². The summed E-state index contributed by atoms with van der Waals surface area (Å²) in [7, 11) is 0. The number of guanidine groups is 1. The quantitative estimate of drug-likeness (QED) is 0.514. The first-order chi connectivity index (χ1) is 12.3. The molecular weight excluding hydrogens is 314 g/mol. The largest absolute Gasteiger partial charge is 0.469 e. The van der Waals surface area contributed by atoms with Gasteiger partial charge in [-0.15, -0.1) is 0 Å². The van der Waals surface area contributed by atoms with Gasteiger partial charge in [-0.05, 0) is 42.8 Å². The first-order valence-electron chi connectivity index (χ1n) is 8.48. The molecule has 0 spiro atoms. The lowest BCUT2D eigenvalue weighted by molar-refractivity contribution is 0.507. The molecule has 0 aliphatic heterocycles. The third-order valence-corrected chi connectivity index (χ3v) is 3.69. The van der Waals surface area contributed by atoms with Crippen molar-refractivity contribution in [2.75, 3.05) is 13.1 Å². The average molecular weight is 337 g/mol. The zero-order valence-corrected chi connectivity index (χ0v) is 14.4. The van der Waals surface area contributed by atoms with Crippen molar-refractivity contribution < 1.29 is 4.42 Å². The van der Waals surface area contributed by atoms with Gasteiger partial charge in [0.15, 0.2) is 5.96 Å². The van der Waals surface area contributed by atoms with Crippen molar-refractivity contribution in [3.8, 4) is 5.69 Å². The number of hydrogen-bond acceptors (Lipinski definition) is 3. The Morgan fingerprint density at radius 2 is 2.16 bits per heavy atom. The normalized spacial score (nSPS) is 11.5. The first-order valence-corrected chi connectivity index (χ1v) is 8.48. The molecule has 0 atom stereocenters. The minimum absolute atomic E-state index is 0.602. The first kappa shape index (κ1) is 16.8. The smallest absolute Gasteiger partial charge is 0.191 e. The van der Waals surface area contributed by atoms with Crippen LogP contribution in [0.1, 0.15) is 18.2 Å². The number of aliphatic imine (C=N–C) groups is 1. The molecule has 2 aromatic heterocycles. The highest BCUT2D eigenvalue weighted by Gasteiger charge is 2.01. The van der Waals surface area contributed by atoms with Gasteiger partial charge in [-0.1, -0.05) is 12.1 Å². The van der Waals surface area contributed by atoms with E-state index in [0.29, 0.717) is 6.54 Å². The van der Waals surface area contributed by atoms with E-state index in [1.165, 1.54) is 0 Å². The summed E-state index contributed by atoms with van der Waals surface area (Å²) in [5.74, 6) is 1.77. The van der Waals surface area contributed by atoms with Gasteiger partial charge in [-0.25, -0.2) is 9.67 Å². The van der Waals surface area contributed by atoms with Gasteiger partial charge >= 0.3 is 0 Å². The Kier molecular flexibility index (Phi) is 5.87. The molecule has 3 rings (SSSR count). The van der Waals surface area contributed by atoms with Crippen LogP contribution in [-0.4, -0.2) is 28.8 Å². The van der Waals surface area contributed by atoms with Gasteiger partial charge in [0.25, 0.3) is 0 Å². The highest BCUT2D eigenvalue weighted by atomic mass is 16.3. The van der Waals surface area contributed by atoms with Crippen LogP contribution in [0.4, 0.5) is 0 Å². The second kappa shape index (κ2) is 8.73. The second-order valence-electron chi connectivity index (χ2n) is 5.57. The number of furan rings is 1. The molecule has 0 radical (unpaired) electrons. The summed E-state index contributed by atoms with van der Waals surface area (Å²) in [6, 6.07) is 14.0. The summed E-state index contributed by atoms with van der Waals surface area (Å²) in [5.41, 5.74) is 2.17. The Morgan fingerprint density at radius 3 is 2.92 bits per heavy atom. The Hall–Kier alpha value is -3.02. The van der Waals surface area contributed by atoms with Crippen LogP contribution in [0.15, 0.2) is 70.5 Å². The summed E-state index contributed by atoms with van der Waals surface area (Å²) in [4.78, 5) is 4.66. The molecule has 6 heteroatoms. The molecule has 0 aliphatic rings. The minimum Gasteiger partial charge on any atom is -0.469 e. The van der Waals surface area contributed by atoms with Crippen LogP contribution < -0.4 is 10.6 Å². The Morgan fingerprint density at radius 1 is 1.20 bits per heavy atom. The molecule has 25 heavy (non-hydrogen) atoms. The van der Waals surface area contributed by atoms with Gasteiger partial charge in [0.05, 0.1) is 18.5 Å². The molecule has 0 aliphatic carbocycles. The van der Waals surface area contributed by atoms with Gasteiger partial charge in [0.2, 0.25) is 0 Å². The monoisotopic (exact) mass is 337 g/mol. The average Bonchev–Trinajstić information content (AvgIpc) is 3.34. The lowest BCUT2D eigenvalue weighted by atomic mass is 10.2. The fraction of sp³-hybridized carbons (Fsp3) is 0.263. The van der Waals surface area contributed by atoms with Crippen LogP contribution in [0.5, 0.6) is 0 Å². The van der Waals surface area contributed by atoms with Crippen LogP contribution in [0.3, 0.4) is 0 Å². The molecule has 2 N–H and O–H groups in total. The van der Waals surface area contributed by atoms with E-state index < -0.39 is 0 Å². The van der Waals surface area contributed by atoms with E-state index in [1.54, 1.807) is 12.5 Å². The van der Waals surface area contributed by atoms with Crippen molar-refractivity contribution in [1.29, 1.82) is 0 Å². The lowest BCUT2D eigenvalue weighted by Gasteiger charge is -2.11. The van der Waals surface area contributed by atoms with E-state index >= 15 is 0 Å². The SMILES string of the molecule is CCNC(=NCc1cccc(-n2cccn2)c1)NCCc1ccco1. The second-order valence-corrected chi connectivity index (χ2v) is 5.57. The number of aromatic nitrogens is 2. The number of nitrogens with one attached hydrogen (secondary N) is 2. The van der Waals surface area contributed by atoms with Crippen LogP contribution in [0.2, 0.25) is 0 Å². The Bertz CT molecular complexity index is 778. The van der Waals surface area contributed by atoms with Gasteiger partial charge in [0.1, 0.15) is 5.76 Å². The number of hydrogen-bond donors (Lipinski definition) is 2. The maximum absolute atomic E-state index is 5.34. The highest BCUT2D eigenvalue weighted by molar-refractivity contribution is 5.79. The third-order valence-electron chi connectivity index (χ3n) is 3.69. The van der Waals surface area contributed by atoms with Crippen molar-refractivity contribution >= 4 is 5.96 Å². The summed E-state index contributed by atoms with van der Waals surface area (Å²) in [6.45, 7) is 4.25. The molecule has 0 bridgehead atoms. The van der Waals surface area contributed by atoms with Crippen molar-refractivity contribution in [2.45, 2.75) is 19.9 Å². The zero-order valence-electron chi connectivity index (χ0n) is 14.4. The molecule has 0 saturated carbocycles. The van der Waals surface area contributed by atoms with E-state index in [9.17, 15) is 0 Å². The third kappa shape index (κ3) is 4.97. The molecule has 0 unspecified atom stereocenters. The van der Waals surface area contributed by atoms with Crippen LogP contribution in [0.25, 0.3) is 5.69 Å². The summed E-state index contributed by atoms with van der Waals surface area (Å²) >= 11 is 0. The lowest BCUT2D eigenvalue weighted by Crippen LogP contribution is -2.38. The maximum Gasteiger partial charge on any atom is 0.191 e. The van der Waals surface area contributed by atoms with Crippen LogP contribution in [-0.2, 0) is 13.0 Å². The van der Waals surface area contributed by atoms with E-state index in [-0.39, 0.29) is 0 Å². The zero-order chi connectivity index (χ0) is 17.3. The van der Waals surface area contributed by atoms with Crippen molar-refractivity contribution in [3.05, 3.63) is 72.4 Å². The van der Waals surface area contributed by atoms with Gasteiger partial charge in [-0.3, -0.25) is 0 Å². The number of benzene rings is 1. The summed E-state index contributed by atoms with van der Waals surface area (Å²) in [6.07, 6.45) is 6.23. The molecule has 2 heterocycles. The summed E-state index contributed by atoms with van der Waals surface area (Å²) < 4.78 is 7.19. The fourth-order valence-electron chi connectivity index (χ4n) is 2.49. The standard InChI is InChI=1S/C19H23N5O/c1-2-20-19(21-11-9-18-8-4-13-25-18)22-15-16-6-3-7-17(14-16)24-12-5-10-23-24/h3-8,10,12-14H,2,9,11,15H2,1H3,(H2,20,21,22). The van der Waals surface area contributed by atoms with Gasteiger partial charge < -0.3 is 15.1 Å². The Balaban J connectivity index is 1.59. The Labute approximate surface area is 147 Å². The maximum atomic E-state index is 5.34. The predicted molar refractivity (Wildman–Crippen MR) is 98.8 cm³/mol. The number of nitrogens with zero attached hydrogens (tertiary/aromatic N) is 3.